The summed E-state index contributed by atoms with van der Waals surface area (Å²) in [5, 5.41) is 11.8. The maximum Gasteiger partial charge on any atom is 0.328 e. The SMILES string of the molecule is CCOC(=O)C(C)Nc1cc(C#N)cc(Cl)n1. The average molecular weight is 254 g/mol. The Morgan fingerprint density at radius 2 is 2.41 bits per heavy atom. The predicted molar refractivity (Wildman–Crippen MR) is 63.7 cm³/mol. The van der Waals surface area contributed by atoms with E-state index in [-0.39, 0.29) is 11.1 Å². The zero-order chi connectivity index (χ0) is 12.8. The maximum atomic E-state index is 11.4. The number of pyridine rings is 1. The molecule has 0 saturated carbocycles. The van der Waals surface area contributed by atoms with E-state index in [1.807, 2.05) is 6.07 Å². The van der Waals surface area contributed by atoms with Crippen molar-refractivity contribution in [3.8, 4) is 6.07 Å². The molecule has 5 nitrogen and oxygen atoms in total. The Balaban J connectivity index is 2.78. The van der Waals surface area contributed by atoms with E-state index in [1.54, 1.807) is 13.8 Å². The highest BCUT2D eigenvalue weighted by atomic mass is 35.5. The summed E-state index contributed by atoms with van der Waals surface area (Å²) < 4.78 is 4.84. The van der Waals surface area contributed by atoms with Crippen molar-refractivity contribution in [2.75, 3.05) is 11.9 Å². The van der Waals surface area contributed by atoms with Gasteiger partial charge in [0, 0.05) is 0 Å². The molecule has 1 heterocycles. The van der Waals surface area contributed by atoms with Crippen LogP contribution in [0.25, 0.3) is 0 Å². The topological polar surface area (TPSA) is 75.0 Å². The molecule has 0 aromatic carbocycles. The lowest BCUT2D eigenvalue weighted by Crippen LogP contribution is -2.28. The minimum Gasteiger partial charge on any atom is -0.464 e. The van der Waals surface area contributed by atoms with E-state index in [4.69, 9.17) is 21.6 Å². The fraction of sp³-hybridized carbons (Fsp3) is 0.364. The molecule has 1 atom stereocenters. The van der Waals surface area contributed by atoms with E-state index in [0.29, 0.717) is 18.0 Å². The average Bonchev–Trinajstić information content (AvgIpc) is 2.28. The summed E-state index contributed by atoms with van der Waals surface area (Å²) in [6.45, 7) is 3.69. The molecule has 0 amide bonds. The number of rotatable bonds is 4. The van der Waals surface area contributed by atoms with Gasteiger partial charge in [-0.1, -0.05) is 11.6 Å². The molecule has 90 valence electrons. The van der Waals surface area contributed by atoms with Gasteiger partial charge in [-0.05, 0) is 26.0 Å². The van der Waals surface area contributed by atoms with Crippen LogP contribution >= 0.6 is 11.6 Å². The molecular formula is C11H12ClN3O2. The van der Waals surface area contributed by atoms with Gasteiger partial charge in [0.1, 0.15) is 17.0 Å². The largest absolute Gasteiger partial charge is 0.464 e. The maximum absolute atomic E-state index is 11.4. The number of nitrogens with one attached hydrogen (secondary N) is 1. The molecule has 1 aromatic rings. The molecule has 6 heteroatoms. The van der Waals surface area contributed by atoms with Gasteiger partial charge in [0.15, 0.2) is 0 Å². The summed E-state index contributed by atoms with van der Waals surface area (Å²) in [5.41, 5.74) is 0.378. The third-order valence-electron chi connectivity index (χ3n) is 1.93. The molecule has 0 saturated heterocycles. The van der Waals surface area contributed by atoms with Gasteiger partial charge in [0.25, 0.3) is 0 Å². The number of halogens is 1. The van der Waals surface area contributed by atoms with Crippen molar-refractivity contribution in [1.29, 1.82) is 5.26 Å². The zero-order valence-electron chi connectivity index (χ0n) is 9.53. The predicted octanol–water partition coefficient (Wildman–Crippen LogP) is 1.97. The standard InChI is InChI=1S/C11H12ClN3O2/c1-3-17-11(16)7(2)14-10-5-8(6-13)4-9(12)15-10/h4-5,7H,3H2,1-2H3,(H,14,15). The Morgan fingerprint density at radius 1 is 1.71 bits per heavy atom. The summed E-state index contributed by atoms with van der Waals surface area (Å²) >= 11 is 5.73. The lowest BCUT2D eigenvalue weighted by Gasteiger charge is -2.13. The first kappa shape index (κ1) is 13.3. The molecule has 1 rings (SSSR count). The third kappa shape index (κ3) is 3.93. The number of ether oxygens (including phenoxy) is 1. The molecule has 0 aliphatic heterocycles. The number of hydrogen-bond acceptors (Lipinski definition) is 5. The van der Waals surface area contributed by atoms with Crippen molar-refractivity contribution >= 4 is 23.4 Å². The number of aromatic nitrogens is 1. The van der Waals surface area contributed by atoms with E-state index >= 15 is 0 Å². The van der Waals surface area contributed by atoms with Crippen LogP contribution in [0.15, 0.2) is 12.1 Å². The van der Waals surface area contributed by atoms with E-state index < -0.39 is 6.04 Å². The van der Waals surface area contributed by atoms with Crippen LogP contribution in [0, 0.1) is 11.3 Å². The van der Waals surface area contributed by atoms with E-state index in [1.165, 1.54) is 12.1 Å². The number of hydrogen-bond donors (Lipinski definition) is 1. The second-order valence-corrected chi connectivity index (χ2v) is 3.68. The van der Waals surface area contributed by atoms with Crippen LogP contribution in [-0.2, 0) is 9.53 Å². The molecule has 0 radical (unpaired) electrons. The summed E-state index contributed by atoms with van der Waals surface area (Å²) in [5.74, 6) is -0.0117. The molecule has 0 spiro atoms. The van der Waals surface area contributed by atoms with Crippen LogP contribution in [-0.4, -0.2) is 23.6 Å². The van der Waals surface area contributed by atoms with Gasteiger partial charge in [-0.3, -0.25) is 0 Å². The zero-order valence-corrected chi connectivity index (χ0v) is 10.3. The van der Waals surface area contributed by atoms with Gasteiger partial charge in [-0.15, -0.1) is 0 Å². The number of carbonyl (C=O) groups excluding carboxylic acids is 1. The first-order chi connectivity index (χ1) is 8.06. The lowest BCUT2D eigenvalue weighted by molar-refractivity contribution is -0.143. The van der Waals surface area contributed by atoms with Crippen LogP contribution in [0.1, 0.15) is 19.4 Å². The van der Waals surface area contributed by atoms with Crippen LogP contribution in [0.4, 0.5) is 5.82 Å². The first-order valence-electron chi connectivity index (χ1n) is 5.07. The normalized spacial score (nSPS) is 11.4. The molecule has 0 bridgehead atoms. The number of nitrogens with zero attached hydrogens (tertiary/aromatic N) is 2. The van der Waals surface area contributed by atoms with Crippen molar-refractivity contribution in [3.05, 3.63) is 22.8 Å². The smallest absolute Gasteiger partial charge is 0.328 e. The highest BCUT2D eigenvalue weighted by Crippen LogP contribution is 2.14. The molecular weight excluding hydrogens is 242 g/mol. The van der Waals surface area contributed by atoms with Crippen molar-refractivity contribution < 1.29 is 9.53 Å². The molecule has 1 N–H and O–H groups in total. The highest BCUT2D eigenvalue weighted by Gasteiger charge is 2.14. The quantitative estimate of drug-likeness (QED) is 0.656. The molecule has 1 aromatic heterocycles. The monoisotopic (exact) mass is 253 g/mol. The van der Waals surface area contributed by atoms with Gasteiger partial charge < -0.3 is 10.1 Å². The first-order valence-corrected chi connectivity index (χ1v) is 5.45. The molecule has 0 aliphatic carbocycles. The van der Waals surface area contributed by atoms with Crippen molar-refractivity contribution in [2.24, 2.45) is 0 Å². The third-order valence-corrected chi connectivity index (χ3v) is 2.12. The second-order valence-electron chi connectivity index (χ2n) is 3.29. The van der Waals surface area contributed by atoms with E-state index in [2.05, 4.69) is 10.3 Å². The minimum absolute atomic E-state index is 0.197. The number of anilines is 1. The Kier molecular flexibility index (Phi) is 4.73. The number of esters is 1. The lowest BCUT2D eigenvalue weighted by atomic mass is 10.2. The molecule has 0 aliphatic rings. The summed E-state index contributed by atoms with van der Waals surface area (Å²) in [6.07, 6.45) is 0. The molecule has 1 unspecified atom stereocenters. The van der Waals surface area contributed by atoms with Crippen LogP contribution in [0.3, 0.4) is 0 Å². The van der Waals surface area contributed by atoms with E-state index in [0.717, 1.165) is 0 Å². The molecule has 17 heavy (non-hydrogen) atoms. The van der Waals surface area contributed by atoms with Gasteiger partial charge in [0.2, 0.25) is 0 Å². The second kappa shape index (κ2) is 6.06. The van der Waals surface area contributed by atoms with Gasteiger partial charge in [0.05, 0.1) is 18.2 Å². The molecule has 0 fully saturated rings. The van der Waals surface area contributed by atoms with Crippen molar-refractivity contribution in [2.45, 2.75) is 19.9 Å². The number of carbonyl (C=O) groups is 1. The fourth-order valence-electron chi connectivity index (χ4n) is 1.18. The van der Waals surface area contributed by atoms with E-state index in [9.17, 15) is 4.79 Å². The van der Waals surface area contributed by atoms with Crippen molar-refractivity contribution in [1.82, 2.24) is 4.98 Å². The van der Waals surface area contributed by atoms with Crippen LogP contribution in [0.2, 0.25) is 5.15 Å². The summed E-state index contributed by atoms with van der Waals surface area (Å²) in [4.78, 5) is 15.3. The summed E-state index contributed by atoms with van der Waals surface area (Å²) in [7, 11) is 0. The Labute approximate surface area is 104 Å². The van der Waals surface area contributed by atoms with Gasteiger partial charge in [-0.2, -0.15) is 5.26 Å². The Hall–Kier alpha value is -1.80. The van der Waals surface area contributed by atoms with Crippen LogP contribution < -0.4 is 5.32 Å². The highest BCUT2D eigenvalue weighted by molar-refractivity contribution is 6.29. The fourth-order valence-corrected chi connectivity index (χ4v) is 1.39. The Bertz CT molecular complexity index is 457. The minimum atomic E-state index is -0.549. The summed E-state index contributed by atoms with van der Waals surface area (Å²) in [6, 6.07) is 4.37. The van der Waals surface area contributed by atoms with Crippen molar-refractivity contribution in [3.63, 3.8) is 0 Å². The number of nitriles is 1. The van der Waals surface area contributed by atoms with Crippen LogP contribution in [0.5, 0.6) is 0 Å². The Morgan fingerprint density at radius 3 is 3.00 bits per heavy atom. The van der Waals surface area contributed by atoms with Gasteiger partial charge >= 0.3 is 5.97 Å². The van der Waals surface area contributed by atoms with Gasteiger partial charge in [-0.25, -0.2) is 9.78 Å².